The van der Waals surface area contributed by atoms with Crippen molar-refractivity contribution in [3.8, 4) is 0 Å². The Morgan fingerprint density at radius 3 is 2.50 bits per heavy atom. The minimum Gasteiger partial charge on any atom is -0.354 e. The van der Waals surface area contributed by atoms with Crippen LogP contribution in [0, 0.1) is 12.8 Å². The summed E-state index contributed by atoms with van der Waals surface area (Å²) in [6.07, 6.45) is 2.33. The van der Waals surface area contributed by atoms with E-state index in [1.54, 1.807) is 0 Å². The van der Waals surface area contributed by atoms with Gasteiger partial charge in [-0.25, -0.2) is 0 Å². The largest absolute Gasteiger partial charge is 0.354 e. The Hall–Kier alpha value is -1.24. The monoisotopic (exact) mass is 371 g/mol. The van der Waals surface area contributed by atoms with Crippen molar-refractivity contribution in [2.24, 2.45) is 11.7 Å². The Kier molecular flexibility index (Phi) is 8.59. The van der Waals surface area contributed by atoms with E-state index in [0.29, 0.717) is 12.5 Å². The highest BCUT2D eigenvalue weighted by Crippen LogP contribution is 2.31. The minimum absolute atomic E-state index is 0. The summed E-state index contributed by atoms with van der Waals surface area (Å²) in [5.41, 5.74) is 7.88. The first-order valence-electron chi connectivity index (χ1n) is 7.97. The average molecular weight is 372 g/mol. The van der Waals surface area contributed by atoms with E-state index in [1.807, 2.05) is 38.1 Å². The topological polar surface area (TPSA) is 84.2 Å². The molecule has 1 aromatic carbocycles. The molecule has 5 nitrogen and oxygen atoms in total. The van der Waals surface area contributed by atoms with Crippen molar-refractivity contribution in [3.63, 3.8) is 0 Å². The van der Waals surface area contributed by atoms with Crippen molar-refractivity contribution in [2.75, 3.05) is 17.6 Å². The maximum Gasteiger partial charge on any atom is 0.234 e. The zero-order valence-electron chi connectivity index (χ0n) is 14.1. The third-order valence-electron chi connectivity index (χ3n) is 3.91. The highest BCUT2D eigenvalue weighted by molar-refractivity contribution is 8.01. The van der Waals surface area contributed by atoms with Crippen molar-refractivity contribution in [3.05, 3.63) is 29.8 Å². The van der Waals surface area contributed by atoms with E-state index in [1.165, 1.54) is 24.6 Å². The molecule has 134 valence electrons. The molecule has 24 heavy (non-hydrogen) atoms. The van der Waals surface area contributed by atoms with Gasteiger partial charge in [-0.05, 0) is 44.7 Å². The summed E-state index contributed by atoms with van der Waals surface area (Å²) in [6.45, 7) is 4.32. The van der Waals surface area contributed by atoms with Gasteiger partial charge in [0, 0.05) is 18.3 Å². The predicted octanol–water partition coefficient (Wildman–Crippen LogP) is 2.33. The number of hydrogen-bond acceptors (Lipinski definition) is 4. The van der Waals surface area contributed by atoms with Crippen LogP contribution < -0.4 is 16.4 Å². The normalized spacial score (nSPS) is 15.8. The van der Waals surface area contributed by atoms with Crippen LogP contribution in [0.2, 0.25) is 0 Å². The highest BCUT2D eigenvalue weighted by atomic mass is 35.5. The molecule has 2 amide bonds. The van der Waals surface area contributed by atoms with Gasteiger partial charge in [0.05, 0.1) is 11.0 Å². The first kappa shape index (κ1) is 20.8. The van der Waals surface area contributed by atoms with E-state index < -0.39 is 0 Å². The molecule has 4 N–H and O–H groups in total. The molecule has 2 atom stereocenters. The van der Waals surface area contributed by atoms with Crippen LogP contribution in [0.15, 0.2) is 24.3 Å². The molecular weight excluding hydrogens is 346 g/mol. The lowest BCUT2D eigenvalue weighted by molar-refractivity contribution is -0.120. The van der Waals surface area contributed by atoms with Crippen LogP contribution in [0.1, 0.15) is 25.3 Å². The van der Waals surface area contributed by atoms with Crippen molar-refractivity contribution >= 4 is 41.7 Å². The molecule has 0 heterocycles. The van der Waals surface area contributed by atoms with Crippen LogP contribution in [0.25, 0.3) is 0 Å². The van der Waals surface area contributed by atoms with E-state index in [0.717, 1.165) is 11.3 Å². The Labute approximate surface area is 153 Å². The van der Waals surface area contributed by atoms with Gasteiger partial charge < -0.3 is 16.4 Å². The van der Waals surface area contributed by atoms with Gasteiger partial charge in [0.2, 0.25) is 11.8 Å². The number of carbonyl (C=O) groups is 2. The molecule has 1 fully saturated rings. The summed E-state index contributed by atoms with van der Waals surface area (Å²) in [4.78, 5) is 23.9. The number of aryl methyl sites for hydroxylation is 1. The molecule has 1 aliphatic carbocycles. The second kappa shape index (κ2) is 9.91. The summed E-state index contributed by atoms with van der Waals surface area (Å²) in [5.74, 6) is 0.651. The fraction of sp³-hybridized carbons (Fsp3) is 0.529. The van der Waals surface area contributed by atoms with Gasteiger partial charge in [0.25, 0.3) is 0 Å². The van der Waals surface area contributed by atoms with Crippen molar-refractivity contribution in [2.45, 2.75) is 38.0 Å². The molecule has 2 rings (SSSR count). The molecule has 0 aliphatic heterocycles. The lowest BCUT2D eigenvalue weighted by Crippen LogP contribution is -2.41. The Balaban J connectivity index is 0.00000288. The zero-order valence-corrected chi connectivity index (χ0v) is 15.7. The van der Waals surface area contributed by atoms with Crippen LogP contribution in [-0.2, 0) is 9.59 Å². The molecule has 0 bridgehead atoms. The number of halogens is 1. The van der Waals surface area contributed by atoms with Crippen molar-refractivity contribution in [1.29, 1.82) is 0 Å². The van der Waals surface area contributed by atoms with Gasteiger partial charge in [-0.3, -0.25) is 9.59 Å². The molecule has 1 saturated carbocycles. The van der Waals surface area contributed by atoms with Gasteiger partial charge in [0.1, 0.15) is 0 Å². The third kappa shape index (κ3) is 7.11. The second-order valence-electron chi connectivity index (χ2n) is 6.11. The van der Waals surface area contributed by atoms with E-state index in [4.69, 9.17) is 5.73 Å². The molecule has 0 radical (unpaired) electrons. The summed E-state index contributed by atoms with van der Waals surface area (Å²) in [6, 6.07) is 7.69. The van der Waals surface area contributed by atoms with Crippen LogP contribution >= 0.6 is 24.2 Å². The van der Waals surface area contributed by atoms with Gasteiger partial charge in [0.15, 0.2) is 0 Å². The quantitative estimate of drug-likeness (QED) is 0.654. The second-order valence-corrected chi connectivity index (χ2v) is 7.44. The fourth-order valence-electron chi connectivity index (χ4n) is 2.16. The van der Waals surface area contributed by atoms with Crippen LogP contribution in [0.3, 0.4) is 0 Å². The molecule has 2 unspecified atom stereocenters. The van der Waals surface area contributed by atoms with Gasteiger partial charge >= 0.3 is 0 Å². The van der Waals surface area contributed by atoms with Gasteiger partial charge in [-0.15, -0.1) is 24.2 Å². The number of rotatable bonds is 8. The molecule has 0 aromatic heterocycles. The van der Waals surface area contributed by atoms with E-state index in [-0.39, 0.29) is 41.3 Å². The molecule has 0 spiro atoms. The number of carbonyl (C=O) groups excluding carboxylic acids is 2. The summed E-state index contributed by atoms with van der Waals surface area (Å²) >= 11 is 1.33. The number of hydrogen-bond donors (Lipinski definition) is 3. The molecule has 1 aliphatic rings. The number of amides is 2. The number of nitrogens with two attached hydrogens (primary N) is 1. The standard InChI is InChI=1S/C17H25N3O2S.ClH/c1-11-3-7-14(8-4-11)20-16(21)10-23-12(2)17(22)19-9-15(18)13-5-6-13;/h3-4,7-8,12-13,15H,5-6,9-10,18H2,1-2H3,(H,19,22)(H,20,21);1H. The fourth-order valence-corrected chi connectivity index (χ4v) is 2.87. The average Bonchev–Trinajstić information content (AvgIpc) is 3.37. The number of anilines is 1. The maximum absolute atomic E-state index is 12.0. The smallest absolute Gasteiger partial charge is 0.234 e. The van der Waals surface area contributed by atoms with Crippen LogP contribution in [0.5, 0.6) is 0 Å². The Morgan fingerprint density at radius 1 is 1.29 bits per heavy atom. The first-order valence-corrected chi connectivity index (χ1v) is 9.02. The number of thioether (sulfide) groups is 1. The van der Waals surface area contributed by atoms with E-state index in [9.17, 15) is 9.59 Å². The van der Waals surface area contributed by atoms with Crippen molar-refractivity contribution in [1.82, 2.24) is 5.32 Å². The summed E-state index contributed by atoms with van der Waals surface area (Å²) < 4.78 is 0. The van der Waals surface area contributed by atoms with E-state index in [2.05, 4.69) is 10.6 Å². The predicted molar refractivity (Wildman–Crippen MR) is 103 cm³/mol. The highest BCUT2D eigenvalue weighted by Gasteiger charge is 2.28. The molecular formula is C17H26ClN3O2S. The molecule has 1 aromatic rings. The van der Waals surface area contributed by atoms with Crippen LogP contribution in [-0.4, -0.2) is 35.4 Å². The SMILES string of the molecule is Cc1ccc(NC(=O)CSC(C)C(=O)NCC(N)C2CC2)cc1.Cl. The number of benzene rings is 1. The van der Waals surface area contributed by atoms with Gasteiger partial charge in [-0.2, -0.15) is 0 Å². The van der Waals surface area contributed by atoms with Crippen molar-refractivity contribution < 1.29 is 9.59 Å². The number of nitrogens with one attached hydrogen (secondary N) is 2. The Morgan fingerprint density at radius 2 is 1.92 bits per heavy atom. The molecule has 7 heteroatoms. The lowest BCUT2D eigenvalue weighted by Gasteiger charge is -2.15. The molecule has 0 saturated heterocycles. The third-order valence-corrected chi connectivity index (χ3v) is 5.05. The lowest BCUT2D eigenvalue weighted by atomic mass is 10.2. The summed E-state index contributed by atoms with van der Waals surface area (Å²) in [5, 5.41) is 5.42. The van der Waals surface area contributed by atoms with E-state index >= 15 is 0 Å². The minimum atomic E-state index is -0.273. The maximum atomic E-state index is 12.0. The van der Waals surface area contributed by atoms with Crippen LogP contribution in [0.4, 0.5) is 5.69 Å². The van der Waals surface area contributed by atoms with Gasteiger partial charge in [-0.1, -0.05) is 17.7 Å². The first-order chi connectivity index (χ1) is 11.0. The Bertz CT molecular complexity index is 549. The zero-order chi connectivity index (χ0) is 16.8. The summed E-state index contributed by atoms with van der Waals surface area (Å²) in [7, 11) is 0.